The van der Waals surface area contributed by atoms with Crippen LogP contribution in [-0.4, -0.2) is 17.9 Å². The van der Waals surface area contributed by atoms with Crippen molar-refractivity contribution in [2.24, 2.45) is 0 Å². The largest absolute Gasteiger partial charge is 0.462 e. The van der Waals surface area contributed by atoms with Crippen LogP contribution >= 0.6 is 11.6 Å². The topological polar surface area (TPSA) is 31.4 Å². The van der Waals surface area contributed by atoms with Gasteiger partial charge in [-0.1, -0.05) is 25.4 Å². The van der Waals surface area contributed by atoms with E-state index in [2.05, 4.69) is 4.98 Å². The van der Waals surface area contributed by atoms with Crippen molar-refractivity contribution in [3.8, 4) is 5.75 Å². The fraction of sp³-hybridized carbons (Fsp3) is 0.615. The first kappa shape index (κ1) is 14.3. The summed E-state index contributed by atoms with van der Waals surface area (Å²) in [5.41, 5.74) is 0.886. The zero-order chi connectivity index (χ0) is 12.7. The molecule has 1 aromatic rings. The smallest absolute Gasteiger partial charge is 0.199 e. The molecular weight excluding hydrogens is 238 g/mol. The van der Waals surface area contributed by atoms with Crippen molar-refractivity contribution in [3.63, 3.8) is 0 Å². The molecule has 0 N–H and O–H groups in total. The van der Waals surface area contributed by atoms with Gasteiger partial charge < -0.3 is 9.47 Å². The van der Waals surface area contributed by atoms with E-state index in [1.165, 1.54) is 0 Å². The van der Waals surface area contributed by atoms with Crippen molar-refractivity contribution in [3.05, 3.63) is 23.0 Å². The molecule has 17 heavy (non-hydrogen) atoms. The second kappa shape index (κ2) is 7.51. The molecule has 0 aliphatic carbocycles. The molecule has 0 aromatic carbocycles. The Hall–Kier alpha value is -0.800. The number of nitrogens with zero attached hydrogens (tertiary/aromatic N) is 1. The lowest BCUT2D eigenvalue weighted by Crippen LogP contribution is -2.25. The summed E-state index contributed by atoms with van der Waals surface area (Å²) in [5, 5.41) is 0.407. The first-order valence-electron chi connectivity index (χ1n) is 6.17. The van der Waals surface area contributed by atoms with Crippen LogP contribution in [0.25, 0.3) is 0 Å². The van der Waals surface area contributed by atoms with Crippen LogP contribution in [-0.2, 0) is 4.74 Å². The van der Waals surface area contributed by atoms with Crippen LogP contribution in [0.1, 0.15) is 38.8 Å². The van der Waals surface area contributed by atoms with Gasteiger partial charge in [0.05, 0.1) is 6.61 Å². The maximum absolute atomic E-state index is 5.96. The van der Waals surface area contributed by atoms with Crippen LogP contribution in [0.2, 0.25) is 5.15 Å². The minimum absolute atomic E-state index is 0.166. The normalized spacial score (nSPS) is 19.2. The Bertz CT molecular complexity index is 338. The lowest BCUT2D eigenvalue weighted by Gasteiger charge is -2.23. The molecule has 1 aliphatic heterocycles. The number of rotatable bonds is 2. The third-order valence-electron chi connectivity index (χ3n) is 2.35. The number of halogens is 1. The van der Waals surface area contributed by atoms with Gasteiger partial charge >= 0.3 is 0 Å². The standard InChI is InChI=1S/C11H14ClNO2.C2H6/c1-8-5-6-9(11(12)13-8)15-10-4-2-3-7-14-10;1-2/h5-6,10H,2-4,7H2,1H3;1-2H3. The maximum atomic E-state index is 5.96. The molecule has 3 nitrogen and oxygen atoms in total. The molecule has 1 atom stereocenters. The lowest BCUT2D eigenvalue weighted by atomic mass is 10.2. The van der Waals surface area contributed by atoms with Crippen molar-refractivity contribution in [2.75, 3.05) is 6.61 Å². The van der Waals surface area contributed by atoms with Crippen molar-refractivity contribution in [2.45, 2.75) is 46.3 Å². The van der Waals surface area contributed by atoms with Crippen molar-refractivity contribution >= 4 is 11.6 Å². The summed E-state index contributed by atoms with van der Waals surface area (Å²) < 4.78 is 11.1. The minimum atomic E-state index is -0.166. The zero-order valence-corrected chi connectivity index (χ0v) is 11.5. The Morgan fingerprint density at radius 2 is 2.12 bits per heavy atom. The van der Waals surface area contributed by atoms with Crippen molar-refractivity contribution < 1.29 is 9.47 Å². The zero-order valence-electron chi connectivity index (χ0n) is 10.7. The van der Waals surface area contributed by atoms with Gasteiger partial charge in [0.15, 0.2) is 17.2 Å². The third kappa shape index (κ3) is 4.52. The highest BCUT2D eigenvalue weighted by Gasteiger charge is 2.16. The number of hydrogen-bond donors (Lipinski definition) is 0. The van der Waals surface area contributed by atoms with Gasteiger partial charge in [-0.25, -0.2) is 4.98 Å². The van der Waals surface area contributed by atoms with Crippen LogP contribution in [0.15, 0.2) is 12.1 Å². The fourth-order valence-corrected chi connectivity index (χ4v) is 1.79. The molecule has 1 saturated heterocycles. The Labute approximate surface area is 108 Å². The maximum Gasteiger partial charge on any atom is 0.199 e. The Balaban J connectivity index is 0.000000686. The molecule has 1 unspecified atom stereocenters. The lowest BCUT2D eigenvalue weighted by molar-refractivity contribution is -0.106. The predicted octanol–water partition coefficient (Wildman–Crippen LogP) is 3.98. The van der Waals surface area contributed by atoms with E-state index < -0.39 is 0 Å². The molecule has 0 spiro atoms. The average molecular weight is 258 g/mol. The van der Waals surface area contributed by atoms with Gasteiger partial charge in [0, 0.05) is 12.1 Å². The van der Waals surface area contributed by atoms with E-state index in [1.807, 2.05) is 32.9 Å². The monoisotopic (exact) mass is 257 g/mol. The van der Waals surface area contributed by atoms with Crippen LogP contribution in [0, 0.1) is 6.92 Å². The molecule has 0 amide bonds. The first-order valence-corrected chi connectivity index (χ1v) is 6.55. The molecule has 2 heterocycles. The Morgan fingerprint density at radius 1 is 1.35 bits per heavy atom. The summed E-state index contributed by atoms with van der Waals surface area (Å²) >= 11 is 5.96. The summed E-state index contributed by atoms with van der Waals surface area (Å²) in [6, 6.07) is 3.71. The summed E-state index contributed by atoms with van der Waals surface area (Å²) in [6.07, 6.45) is 3.01. The van der Waals surface area contributed by atoms with Gasteiger partial charge in [0.2, 0.25) is 0 Å². The molecular formula is C13H20ClNO2. The summed E-state index contributed by atoms with van der Waals surface area (Å²) in [4.78, 5) is 4.12. The Morgan fingerprint density at radius 3 is 2.71 bits per heavy atom. The second-order valence-electron chi connectivity index (χ2n) is 3.66. The van der Waals surface area contributed by atoms with Gasteiger partial charge in [0.1, 0.15) is 0 Å². The van der Waals surface area contributed by atoms with E-state index >= 15 is 0 Å². The van der Waals surface area contributed by atoms with Crippen molar-refractivity contribution in [1.82, 2.24) is 4.98 Å². The molecule has 0 bridgehead atoms. The molecule has 4 heteroatoms. The molecule has 1 fully saturated rings. The van der Waals surface area contributed by atoms with Gasteiger partial charge in [-0.05, 0) is 31.9 Å². The van der Waals surface area contributed by atoms with E-state index in [9.17, 15) is 0 Å². The fourth-order valence-electron chi connectivity index (χ4n) is 1.55. The van der Waals surface area contributed by atoms with Crippen LogP contribution < -0.4 is 4.74 Å². The highest BCUT2D eigenvalue weighted by Crippen LogP contribution is 2.25. The van der Waals surface area contributed by atoms with Crippen molar-refractivity contribution in [1.29, 1.82) is 0 Å². The number of hydrogen-bond acceptors (Lipinski definition) is 3. The second-order valence-corrected chi connectivity index (χ2v) is 4.01. The van der Waals surface area contributed by atoms with E-state index in [-0.39, 0.29) is 6.29 Å². The number of aryl methyl sites for hydroxylation is 1. The van der Waals surface area contributed by atoms with Crippen LogP contribution in [0.4, 0.5) is 0 Å². The highest BCUT2D eigenvalue weighted by molar-refractivity contribution is 6.30. The summed E-state index contributed by atoms with van der Waals surface area (Å²) in [6.45, 7) is 6.66. The first-order chi connectivity index (χ1) is 8.25. The molecule has 0 saturated carbocycles. The molecule has 1 aliphatic rings. The molecule has 1 aromatic heterocycles. The van der Waals surface area contributed by atoms with Gasteiger partial charge in [-0.2, -0.15) is 0 Å². The minimum Gasteiger partial charge on any atom is -0.462 e. The van der Waals surface area contributed by atoms with E-state index in [1.54, 1.807) is 0 Å². The van der Waals surface area contributed by atoms with Crippen LogP contribution in [0.3, 0.4) is 0 Å². The van der Waals surface area contributed by atoms with E-state index in [0.717, 1.165) is 31.6 Å². The van der Waals surface area contributed by atoms with Gasteiger partial charge in [-0.15, -0.1) is 0 Å². The molecule has 0 radical (unpaired) electrons. The number of ether oxygens (including phenoxy) is 2. The van der Waals surface area contributed by atoms with Gasteiger partial charge in [0.25, 0.3) is 0 Å². The van der Waals surface area contributed by atoms with Crippen LogP contribution in [0.5, 0.6) is 5.75 Å². The average Bonchev–Trinajstić information content (AvgIpc) is 2.37. The van der Waals surface area contributed by atoms with E-state index in [0.29, 0.717) is 10.9 Å². The highest BCUT2D eigenvalue weighted by atomic mass is 35.5. The summed E-state index contributed by atoms with van der Waals surface area (Å²) in [5.74, 6) is 0.606. The number of pyridine rings is 1. The third-order valence-corrected chi connectivity index (χ3v) is 2.62. The summed E-state index contributed by atoms with van der Waals surface area (Å²) in [7, 11) is 0. The SMILES string of the molecule is CC.Cc1ccc(OC2CCCCO2)c(Cl)n1. The molecule has 2 rings (SSSR count). The predicted molar refractivity (Wildman–Crippen MR) is 69.6 cm³/mol. The number of aromatic nitrogens is 1. The van der Waals surface area contributed by atoms with E-state index in [4.69, 9.17) is 21.1 Å². The molecule has 96 valence electrons. The quantitative estimate of drug-likeness (QED) is 0.751. The van der Waals surface area contributed by atoms with Gasteiger partial charge in [-0.3, -0.25) is 0 Å². The Kier molecular flexibility index (Phi) is 6.30.